The molecule has 0 aromatic rings. The van der Waals surface area contributed by atoms with Crippen molar-refractivity contribution in [1.82, 2.24) is 5.32 Å². The van der Waals surface area contributed by atoms with Crippen LogP contribution in [0.25, 0.3) is 0 Å². The van der Waals surface area contributed by atoms with E-state index in [4.69, 9.17) is 4.74 Å². The van der Waals surface area contributed by atoms with Gasteiger partial charge in [-0.05, 0) is 25.7 Å². The Labute approximate surface area is 298 Å². The molecule has 6 nitrogen and oxygen atoms in total. The van der Waals surface area contributed by atoms with Crippen LogP contribution in [0.15, 0.2) is 0 Å². The minimum atomic E-state index is -0.775. The number of amides is 1. The van der Waals surface area contributed by atoms with Gasteiger partial charge in [0.2, 0.25) is 5.91 Å². The molecule has 0 saturated carbocycles. The number of ether oxygens (including phenoxy) is 1. The maximum atomic E-state index is 13.0. The fourth-order valence-corrected chi connectivity index (χ4v) is 6.67. The Morgan fingerprint density at radius 2 is 0.875 bits per heavy atom. The summed E-state index contributed by atoms with van der Waals surface area (Å²) in [6.45, 7) is 6.44. The van der Waals surface area contributed by atoms with Crippen LogP contribution in [0, 0.1) is 0 Å². The van der Waals surface area contributed by atoms with E-state index in [0.717, 1.165) is 44.9 Å². The Hall–Kier alpha value is -1.14. The summed E-state index contributed by atoms with van der Waals surface area (Å²) in [4.78, 5) is 25.8. The molecule has 0 rings (SSSR count). The number of unbranched alkanes of at least 4 members (excludes halogenated alkanes) is 26. The quantitative estimate of drug-likeness (QED) is 0.0445. The average Bonchev–Trinajstić information content (AvgIpc) is 3.07. The number of aliphatic hydroxyl groups is 2. The third kappa shape index (κ3) is 32.1. The van der Waals surface area contributed by atoms with Crippen molar-refractivity contribution in [3.63, 3.8) is 0 Å². The van der Waals surface area contributed by atoms with Crippen molar-refractivity contribution in [1.29, 1.82) is 0 Å². The van der Waals surface area contributed by atoms with Gasteiger partial charge in [-0.2, -0.15) is 0 Å². The van der Waals surface area contributed by atoms with Crippen molar-refractivity contribution < 1.29 is 24.5 Å². The van der Waals surface area contributed by atoms with Gasteiger partial charge >= 0.3 is 5.97 Å². The molecule has 3 atom stereocenters. The predicted molar refractivity (Wildman–Crippen MR) is 204 cm³/mol. The lowest BCUT2D eigenvalue weighted by molar-refractivity contribution is -0.151. The van der Waals surface area contributed by atoms with Gasteiger partial charge in [0.1, 0.15) is 6.10 Å². The number of hydrogen-bond acceptors (Lipinski definition) is 5. The van der Waals surface area contributed by atoms with Gasteiger partial charge in [0.25, 0.3) is 0 Å². The van der Waals surface area contributed by atoms with Crippen molar-refractivity contribution in [2.24, 2.45) is 0 Å². The van der Waals surface area contributed by atoms with E-state index in [9.17, 15) is 19.8 Å². The largest absolute Gasteiger partial charge is 0.462 e. The van der Waals surface area contributed by atoms with Crippen LogP contribution >= 0.6 is 0 Å². The zero-order valence-corrected chi connectivity index (χ0v) is 32.4. The highest BCUT2D eigenvalue weighted by molar-refractivity contribution is 5.77. The van der Waals surface area contributed by atoms with E-state index >= 15 is 0 Å². The van der Waals surface area contributed by atoms with Crippen LogP contribution in [0.5, 0.6) is 0 Å². The lowest BCUT2D eigenvalue weighted by atomic mass is 10.0. The molecule has 0 aliphatic rings. The number of hydrogen-bond donors (Lipinski definition) is 3. The second kappa shape index (κ2) is 37.1. The monoisotopic (exact) mass is 682 g/mol. The number of nitrogens with one attached hydrogen (secondary N) is 1. The van der Waals surface area contributed by atoms with Gasteiger partial charge in [0.05, 0.1) is 25.2 Å². The van der Waals surface area contributed by atoms with E-state index in [1.165, 1.54) is 141 Å². The highest BCUT2D eigenvalue weighted by Crippen LogP contribution is 2.18. The van der Waals surface area contributed by atoms with Gasteiger partial charge in [-0.3, -0.25) is 9.59 Å². The highest BCUT2D eigenvalue weighted by atomic mass is 16.5. The van der Waals surface area contributed by atoms with Crippen molar-refractivity contribution >= 4 is 11.9 Å². The second-order valence-electron chi connectivity index (χ2n) is 14.8. The summed E-state index contributed by atoms with van der Waals surface area (Å²) in [7, 11) is 0. The summed E-state index contributed by atoms with van der Waals surface area (Å²) in [5.74, 6) is -0.466. The van der Waals surface area contributed by atoms with Crippen LogP contribution in [0.3, 0.4) is 0 Å². The minimum Gasteiger partial charge on any atom is -0.462 e. The van der Waals surface area contributed by atoms with Crippen LogP contribution in [0.1, 0.15) is 233 Å². The SMILES string of the molecule is CCCCCCCCCCCCC(CC(=O)NC(CO)C(O)CCCCCCCCCCCC)OC(=O)CCCCCCCCCCC. The lowest BCUT2D eigenvalue weighted by Crippen LogP contribution is -2.46. The number of rotatable bonds is 38. The molecule has 0 aromatic heterocycles. The Bertz CT molecular complexity index is 687. The predicted octanol–water partition coefficient (Wildman–Crippen LogP) is 11.7. The Morgan fingerprint density at radius 3 is 1.27 bits per heavy atom. The number of carbonyl (C=O) groups is 2. The fraction of sp³-hybridized carbons (Fsp3) is 0.952. The van der Waals surface area contributed by atoms with Crippen molar-refractivity contribution in [3.05, 3.63) is 0 Å². The molecule has 3 unspecified atom stereocenters. The number of aliphatic hydroxyl groups excluding tert-OH is 2. The van der Waals surface area contributed by atoms with E-state index in [2.05, 4.69) is 26.1 Å². The Morgan fingerprint density at radius 1 is 0.521 bits per heavy atom. The smallest absolute Gasteiger partial charge is 0.306 e. The van der Waals surface area contributed by atoms with E-state index in [0.29, 0.717) is 19.3 Å². The van der Waals surface area contributed by atoms with Gasteiger partial charge < -0.3 is 20.3 Å². The maximum Gasteiger partial charge on any atom is 0.306 e. The van der Waals surface area contributed by atoms with Crippen molar-refractivity contribution in [2.75, 3.05) is 6.61 Å². The molecule has 3 N–H and O–H groups in total. The van der Waals surface area contributed by atoms with Crippen LogP contribution in [-0.4, -0.2) is 46.9 Å². The third-order valence-corrected chi connectivity index (χ3v) is 9.94. The standard InChI is InChI=1S/C42H83NO5/c1-4-7-10-13-16-19-22-24-27-30-33-38(48-42(47)35-32-29-26-21-18-15-12-9-6-3)36-41(46)43-39(37-44)40(45)34-31-28-25-23-20-17-14-11-8-5-2/h38-40,44-45H,4-37H2,1-3H3,(H,43,46). The molecule has 0 aliphatic carbocycles. The summed E-state index contributed by atoms with van der Waals surface area (Å²) in [6, 6.07) is -0.688. The van der Waals surface area contributed by atoms with E-state index in [1.807, 2.05) is 0 Å². The maximum absolute atomic E-state index is 13.0. The van der Waals surface area contributed by atoms with E-state index < -0.39 is 18.2 Å². The molecule has 1 amide bonds. The molecule has 0 bridgehead atoms. The normalized spacial score (nSPS) is 13.4. The van der Waals surface area contributed by atoms with Crippen LogP contribution < -0.4 is 5.32 Å². The molecule has 0 aromatic carbocycles. The Kier molecular flexibility index (Phi) is 36.2. The fourth-order valence-electron chi connectivity index (χ4n) is 6.67. The molecule has 0 fully saturated rings. The zero-order chi connectivity index (χ0) is 35.3. The molecule has 286 valence electrons. The van der Waals surface area contributed by atoms with Gasteiger partial charge in [0, 0.05) is 6.42 Å². The molecular weight excluding hydrogens is 598 g/mol. The highest BCUT2D eigenvalue weighted by Gasteiger charge is 2.24. The van der Waals surface area contributed by atoms with Gasteiger partial charge in [-0.1, -0.05) is 194 Å². The topological polar surface area (TPSA) is 95.9 Å². The first-order valence-corrected chi connectivity index (χ1v) is 21.3. The summed E-state index contributed by atoms with van der Waals surface area (Å²) in [5, 5.41) is 23.5. The number of esters is 1. The summed E-state index contributed by atoms with van der Waals surface area (Å²) in [6.07, 6.45) is 35.9. The number of carbonyl (C=O) groups excluding carboxylic acids is 2. The van der Waals surface area contributed by atoms with Crippen molar-refractivity contribution in [2.45, 2.75) is 251 Å². The van der Waals surface area contributed by atoms with E-state index in [1.54, 1.807) is 0 Å². The van der Waals surface area contributed by atoms with Crippen molar-refractivity contribution in [3.8, 4) is 0 Å². The first kappa shape index (κ1) is 46.9. The third-order valence-electron chi connectivity index (χ3n) is 9.94. The zero-order valence-electron chi connectivity index (χ0n) is 32.4. The first-order valence-electron chi connectivity index (χ1n) is 21.3. The second-order valence-corrected chi connectivity index (χ2v) is 14.8. The molecule has 0 radical (unpaired) electrons. The molecule has 6 heteroatoms. The molecule has 0 saturated heterocycles. The lowest BCUT2D eigenvalue weighted by Gasteiger charge is -2.24. The minimum absolute atomic E-state index is 0.0857. The molecular formula is C42H83NO5. The van der Waals surface area contributed by atoms with Crippen LogP contribution in [0.2, 0.25) is 0 Å². The first-order chi connectivity index (χ1) is 23.5. The summed E-state index contributed by atoms with van der Waals surface area (Å²) in [5.41, 5.74) is 0. The summed E-state index contributed by atoms with van der Waals surface area (Å²) < 4.78 is 5.87. The molecule has 0 spiro atoms. The van der Waals surface area contributed by atoms with Gasteiger partial charge in [0.15, 0.2) is 0 Å². The molecule has 48 heavy (non-hydrogen) atoms. The average molecular weight is 682 g/mol. The Balaban J connectivity index is 4.55. The van der Waals surface area contributed by atoms with Gasteiger partial charge in [-0.15, -0.1) is 0 Å². The summed E-state index contributed by atoms with van der Waals surface area (Å²) >= 11 is 0. The van der Waals surface area contributed by atoms with Crippen LogP contribution in [0.4, 0.5) is 0 Å². The van der Waals surface area contributed by atoms with E-state index in [-0.39, 0.29) is 24.9 Å². The van der Waals surface area contributed by atoms with Crippen LogP contribution in [-0.2, 0) is 14.3 Å². The molecule has 0 heterocycles. The van der Waals surface area contributed by atoms with Gasteiger partial charge in [-0.25, -0.2) is 0 Å². The molecule has 0 aliphatic heterocycles.